The maximum atomic E-state index is 12.4. The third-order valence-electron chi connectivity index (χ3n) is 4.12. The van der Waals surface area contributed by atoms with Gasteiger partial charge >= 0.3 is 11.2 Å². The molecule has 122 valence electrons. The van der Waals surface area contributed by atoms with Crippen LogP contribution in [0.3, 0.4) is 0 Å². The molecule has 0 fully saturated rings. The summed E-state index contributed by atoms with van der Waals surface area (Å²) in [5, 5.41) is 15.3. The van der Waals surface area contributed by atoms with E-state index in [1.54, 1.807) is 31.3 Å². The number of hydrogen-bond acceptors (Lipinski definition) is 4. The maximum Gasteiger partial charge on any atom is 0.357 e. The van der Waals surface area contributed by atoms with Crippen LogP contribution in [0.1, 0.15) is 18.5 Å². The molecular weight excluding hydrogens is 306 g/mol. The zero-order valence-electron chi connectivity index (χ0n) is 13.4. The van der Waals surface area contributed by atoms with E-state index in [0.717, 1.165) is 5.56 Å². The van der Waals surface area contributed by atoms with Crippen LogP contribution >= 0.6 is 0 Å². The minimum Gasteiger partial charge on any atom is -0.372 e. The van der Waals surface area contributed by atoms with E-state index in [1.807, 2.05) is 37.3 Å². The Kier molecular flexibility index (Phi) is 4.04. The van der Waals surface area contributed by atoms with Gasteiger partial charge in [0.1, 0.15) is 5.69 Å². The van der Waals surface area contributed by atoms with E-state index >= 15 is 0 Å². The molecule has 0 aliphatic heterocycles. The fraction of sp³-hybridized carbons (Fsp3) is 0.167. The second kappa shape index (κ2) is 6.16. The summed E-state index contributed by atoms with van der Waals surface area (Å²) >= 11 is 0. The molecule has 24 heavy (non-hydrogen) atoms. The Morgan fingerprint density at radius 2 is 1.71 bits per heavy atom. The van der Waals surface area contributed by atoms with Crippen molar-refractivity contribution in [3.63, 3.8) is 0 Å². The predicted octanol–water partition coefficient (Wildman–Crippen LogP) is 3.62. The quantitative estimate of drug-likeness (QED) is 0.587. The minimum absolute atomic E-state index is 0.180. The van der Waals surface area contributed by atoms with Crippen molar-refractivity contribution in [1.82, 2.24) is 4.57 Å². The molecule has 3 aromatic rings. The van der Waals surface area contributed by atoms with Gasteiger partial charge in [-0.3, -0.25) is 14.9 Å². The van der Waals surface area contributed by atoms with Gasteiger partial charge in [-0.2, -0.15) is 0 Å². The molecule has 0 aliphatic carbocycles. The molecule has 0 aliphatic rings. The zero-order chi connectivity index (χ0) is 17.3. The van der Waals surface area contributed by atoms with E-state index in [1.165, 1.54) is 4.57 Å². The van der Waals surface area contributed by atoms with Gasteiger partial charge in [0.2, 0.25) is 0 Å². The van der Waals surface area contributed by atoms with Crippen molar-refractivity contribution in [1.29, 1.82) is 0 Å². The van der Waals surface area contributed by atoms with E-state index in [2.05, 4.69) is 5.32 Å². The Bertz CT molecular complexity index is 964. The number of aromatic nitrogens is 1. The van der Waals surface area contributed by atoms with Crippen molar-refractivity contribution in [3.8, 4) is 0 Å². The second-order valence-electron chi connectivity index (χ2n) is 5.64. The van der Waals surface area contributed by atoms with E-state index in [0.29, 0.717) is 10.9 Å². The number of anilines is 1. The first kappa shape index (κ1) is 15.7. The summed E-state index contributed by atoms with van der Waals surface area (Å²) in [7, 11) is 1.54. The SMILES string of the molecule is C[C@@H](Nc1c([N+](=O)[O-])c(=O)n(C)c2ccccc12)c1ccccc1. The van der Waals surface area contributed by atoms with Crippen LogP contribution in [0.5, 0.6) is 0 Å². The van der Waals surface area contributed by atoms with Crippen molar-refractivity contribution in [2.24, 2.45) is 7.05 Å². The Hall–Kier alpha value is -3.15. The van der Waals surface area contributed by atoms with Gasteiger partial charge in [-0.05, 0) is 18.6 Å². The summed E-state index contributed by atoms with van der Waals surface area (Å²) in [6.07, 6.45) is 0. The third kappa shape index (κ3) is 2.62. The smallest absolute Gasteiger partial charge is 0.357 e. The molecule has 1 atom stereocenters. The number of nitrogens with zero attached hydrogens (tertiary/aromatic N) is 2. The normalized spacial score (nSPS) is 12.1. The molecule has 0 radical (unpaired) electrons. The van der Waals surface area contributed by atoms with Gasteiger partial charge in [0.05, 0.1) is 10.4 Å². The van der Waals surface area contributed by atoms with E-state index < -0.39 is 16.2 Å². The summed E-state index contributed by atoms with van der Waals surface area (Å²) in [6, 6.07) is 16.6. The number of para-hydroxylation sites is 1. The van der Waals surface area contributed by atoms with Gasteiger partial charge in [-0.1, -0.05) is 48.5 Å². The molecule has 0 spiro atoms. The average molecular weight is 323 g/mol. The lowest BCUT2D eigenvalue weighted by Crippen LogP contribution is -2.23. The number of nitro groups is 1. The fourth-order valence-corrected chi connectivity index (χ4v) is 2.84. The van der Waals surface area contributed by atoms with Crippen LogP contribution in [0.4, 0.5) is 11.4 Å². The molecule has 0 amide bonds. The lowest BCUT2D eigenvalue weighted by molar-refractivity contribution is -0.385. The minimum atomic E-state index is -0.624. The predicted molar refractivity (Wildman–Crippen MR) is 94.3 cm³/mol. The molecule has 3 rings (SSSR count). The van der Waals surface area contributed by atoms with Gasteiger partial charge in [0.25, 0.3) is 0 Å². The number of fused-ring (bicyclic) bond motifs is 1. The van der Waals surface area contributed by atoms with Crippen molar-refractivity contribution in [2.45, 2.75) is 13.0 Å². The first-order valence-corrected chi connectivity index (χ1v) is 7.58. The molecular formula is C18H17N3O3. The number of nitrogens with one attached hydrogen (secondary N) is 1. The van der Waals surface area contributed by atoms with Crippen molar-refractivity contribution < 1.29 is 4.92 Å². The van der Waals surface area contributed by atoms with Gasteiger partial charge < -0.3 is 9.88 Å². The molecule has 6 nitrogen and oxygen atoms in total. The van der Waals surface area contributed by atoms with E-state index in [-0.39, 0.29) is 11.7 Å². The van der Waals surface area contributed by atoms with Crippen molar-refractivity contribution in [2.75, 3.05) is 5.32 Å². The highest BCUT2D eigenvalue weighted by Gasteiger charge is 2.25. The highest BCUT2D eigenvalue weighted by molar-refractivity contribution is 5.96. The Labute approximate surface area is 138 Å². The lowest BCUT2D eigenvalue weighted by Gasteiger charge is -2.18. The molecule has 0 unspecified atom stereocenters. The van der Waals surface area contributed by atoms with Gasteiger partial charge in [0, 0.05) is 18.5 Å². The Balaban J connectivity index is 2.22. The van der Waals surface area contributed by atoms with Crippen LogP contribution < -0.4 is 10.9 Å². The number of rotatable bonds is 4. The van der Waals surface area contributed by atoms with E-state index in [9.17, 15) is 14.9 Å². The first-order chi connectivity index (χ1) is 11.5. The monoisotopic (exact) mass is 323 g/mol. The van der Waals surface area contributed by atoms with Crippen LogP contribution in [0.15, 0.2) is 59.4 Å². The third-order valence-corrected chi connectivity index (χ3v) is 4.12. The van der Waals surface area contributed by atoms with Crippen LogP contribution in [-0.4, -0.2) is 9.49 Å². The number of benzene rings is 2. The van der Waals surface area contributed by atoms with Crippen LogP contribution in [0.2, 0.25) is 0 Å². The van der Waals surface area contributed by atoms with Gasteiger partial charge in [0.15, 0.2) is 0 Å². The van der Waals surface area contributed by atoms with Crippen LogP contribution in [0, 0.1) is 10.1 Å². The van der Waals surface area contributed by atoms with Crippen LogP contribution in [0.25, 0.3) is 10.9 Å². The summed E-state index contributed by atoms with van der Waals surface area (Å²) in [4.78, 5) is 23.3. The number of pyridine rings is 1. The molecule has 1 heterocycles. The fourth-order valence-electron chi connectivity index (χ4n) is 2.84. The molecule has 0 bridgehead atoms. The summed E-state index contributed by atoms with van der Waals surface area (Å²) in [6.45, 7) is 1.91. The molecule has 1 aromatic heterocycles. The standard InChI is InChI=1S/C18H17N3O3/c1-12(13-8-4-3-5-9-13)19-16-14-10-6-7-11-15(14)20(2)18(22)17(16)21(23)24/h3-12,19H,1-2H3/t12-/m1/s1. The van der Waals surface area contributed by atoms with Crippen LogP contribution in [-0.2, 0) is 7.05 Å². The first-order valence-electron chi connectivity index (χ1n) is 7.58. The Morgan fingerprint density at radius 3 is 2.38 bits per heavy atom. The zero-order valence-corrected chi connectivity index (χ0v) is 13.4. The van der Waals surface area contributed by atoms with Crippen molar-refractivity contribution >= 4 is 22.3 Å². The highest BCUT2D eigenvalue weighted by Crippen LogP contribution is 2.32. The molecule has 2 aromatic carbocycles. The summed E-state index contributed by atoms with van der Waals surface area (Å²) in [5.41, 5.74) is 0.836. The maximum absolute atomic E-state index is 12.4. The topological polar surface area (TPSA) is 77.2 Å². The van der Waals surface area contributed by atoms with Gasteiger partial charge in [-0.25, -0.2) is 0 Å². The number of aryl methyl sites for hydroxylation is 1. The van der Waals surface area contributed by atoms with E-state index in [4.69, 9.17) is 0 Å². The highest BCUT2D eigenvalue weighted by atomic mass is 16.6. The number of hydrogen-bond donors (Lipinski definition) is 1. The molecule has 6 heteroatoms. The molecule has 0 saturated carbocycles. The molecule has 1 N–H and O–H groups in total. The average Bonchev–Trinajstić information content (AvgIpc) is 2.60. The van der Waals surface area contributed by atoms with Crippen molar-refractivity contribution in [3.05, 3.63) is 80.6 Å². The molecule has 0 saturated heterocycles. The summed E-state index contributed by atoms with van der Waals surface area (Å²) < 4.78 is 1.31. The lowest BCUT2D eigenvalue weighted by atomic mass is 10.1. The van der Waals surface area contributed by atoms with Gasteiger partial charge in [-0.15, -0.1) is 0 Å². The summed E-state index contributed by atoms with van der Waals surface area (Å²) in [5.74, 6) is 0. The second-order valence-corrected chi connectivity index (χ2v) is 5.64. The largest absolute Gasteiger partial charge is 0.372 e. The Morgan fingerprint density at radius 1 is 1.08 bits per heavy atom.